The minimum absolute atomic E-state index is 0.138. The highest BCUT2D eigenvalue weighted by Gasteiger charge is 2.29. The van der Waals surface area contributed by atoms with Crippen LogP contribution < -0.4 is 4.72 Å². The SMILES string of the molecule is Cn1nccc1S(=O)(=O)N[C@@H](C(=O)O)c1ccccc1Cl. The molecule has 0 aliphatic heterocycles. The van der Waals surface area contributed by atoms with Crippen LogP contribution in [0.15, 0.2) is 41.6 Å². The maximum absolute atomic E-state index is 12.2. The molecule has 0 saturated carbocycles. The lowest BCUT2D eigenvalue weighted by Crippen LogP contribution is -2.34. The first kappa shape index (κ1) is 15.5. The Hall–Kier alpha value is -1.90. The van der Waals surface area contributed by atoms with Crippen molar-refractivity contribution in [2.75, 3.05) is 0 Å². The van der Waals surface area contributed by atoms with Crippen LogP contribution >= 0.6 is 11.6 Å². The largest absolute Gasteiger partial charge is 0.480 e. The molecule has 21 heavy (non-hydrogen) atoms. The smallest absolute Gasteiger partial charge is 0.326 e. The summed E-state index contributed by atoms with van der Waals surface area (Å²) < 4.78 is 27.7. The minimum Gasteiger partial charge on any atom is -0.480 e. The van der Waals surface area contributed by atoms with E-state index in [1.54, 1.807) is 12.1 Å². The number of hydrogen-bond acceptors (Lipinski definition) is 4. The summed E-state index contributed by atoms with van der Waals surface area (Å²) in [7, 11) is -2.60. The summed E-state index contributed by atoms with van der Waals surface area (Å²) in [5.74, 6) is -1.35. The molecule has 1 heterocycles. The van der Waals surface area contributed by atoms with Gasteiger partial charge in [-0.15, -0.1) is 0 Å². The standard InChI is InChI=1S/C12H12ClN3O4S/c1-16-10(6-7-14-16)21(19,20)15-11(12(17)18)8-4-2-3-5-9(8)13/h2-7,11,15H,1H3,(H,17,18)/t11-/m1/s1. The normalized spacial score (nSPS) is 13.0. The third-order valence-corrected chi connectivity index (χ3v) is 4.63. The number of carboxylic acids is 1. The fourth-order valence-corrected chi connectivity index (χ4v) is 3.34. The number of aromatic nitrogens is 2. The van der Waals surface area contributed by atoms with Crippen molar-refractivity contribution >= 4 is 27.6 Å². The van der Waals surface area contributed by atoms with Crippen molar-refractivity contribution in [2.24, 2.45) is 7.05 Å². The number of halogens is 1. The van der Waals surface area contributed by atoms with Gasteiger partial charge in [-0.25, -0.2) is 8.42 Å². The van der Waals surface area contributed by atoms with Gasteiger partial charge in [-0.2, -0.15) is 9.82 Å². The molecular weight excluding hydrogens is 318 g/mol. The van der Waals surface area contributed by atoms with Gasteiger partial charge in [-0.05, 0) is 17.7 Å². The number of carboxylic acid groups (broad SMARTS) is 1. The highest BCUT2D eigenvalue weighted by Crippen LogP contribution is 2.24. The zero-order valence-corrected chi connectivity index (χ0v) is 12.5. The predicted octanol–water partition coefficient (Wildman–Crippen LogP) is 1.18. The molecule has 0 aliphatic carbocycles. The lowest BCUT2D eigenvalue weighted by atomic mass is 10.1. The van der Waals surface area contributed by atoms with E-state index in [1.165, 1.54) is 31.4 Å². The molecule has 0 bridgehead atoms. The average Bonchev–Trinajstić information content (AvgIpc) is 2.84. The second-order valence-electron chi connectivity index (χ2n) is 4.21. The first-order valence-corrected chi connectivity index (χ1v) is 7.66. The van der Waals surface area contributed by atoms with Gasteiger partial charge in [0.05, 0.1) is 6.20 Å². The third kappa shape index (κ3) is 3.23. The number of rotatable bonds is 5. The molecule has 0 amide bonds. The van der Waals surface area contributed by atoms with Gasteiger partial charge in [0.15, 0.2) is 5.03 Å². The molecule has 1 aromatic heterocycles. The van der Waals surface area contributed by atoms with Crippen molar-refractivity contribution in [1.29, 1.82) is 0 Å². The van der Waals surface area contributed by atoms with Crippen molar-refractivity contribution in [3.05, 3.63) is 47.1 Å². The number of benzene rings is 1. The van der Waals surface area contributed by atoms with Gasteiger partial charge in [-0.3, -0.25) is 9.48 Å². The van der Waals surface area contributed by atoms with E-state index in [2.05, 4.69) is 9.82 Å². The van der Waals surface area contributed by atoms with Crippen LogP contribution in [-0.2, 0) is 21.9 Å². The molecule has 9 heteroatoms. The van der Waals surface area contributed by atoms with Gasteiger partial charge in [0.25, 0.3) is 10.0 Å². The Morgan fingerprint density at radius 3 is 2.57 bits per heavy atom. The van der Waals surface area contributed by atoms with E-state index >= 15 is 0 Å². The highest BCUT2D eigenvalue weighted by atomic mass is 35.5. The number of nitrogens with zero attached hydrogens (tertiary/aromatic N) is 2. The maximum atomic E-state index is 12.2. The second kappa shape index (κ2) is 5.84. The molecule has 0 radical (unpaired) electrons. The summed E-state index contributed by atoms with van der Waals surface area (Å²) in [6, 6.07) is 5.93. The van der Waals surface area contributed by atoms with Crippen molar-refractivity contribution in [2.45, 2.75) is 11.1 Å². The van der Waals surface area contributed by atoms with E-state index in [0.29, 0.717) is 0 Å². The first-order chi connectivity index (χ1) is 9.83. The molecule has 112 valence electrons. The van der Waals surface area contributed by atoms with E-state index in [1.807, 2.05) is 0 Å². The number of carbonyl (C=O) groups is 1. The summed E-state index contributed by atoms with van der Waals surface area (Å²) in [6.45, 7) is 0. The molecule has 2 rings (SSSR count). The predicted molar refractivity (Wildman–Crippen MR) is 75.4 cm³/mol. The van der Waals surface area contributed by atoms with Crippen LogP contribution in [0.1, 0.15) is 11.6 Å². The van der Waals surface area contributed by atoms with Crippen molar-refractivity contribution in [1.82, 2.24) is 14.5 Å². The Balaban J connectivity index is 2.41. The fraction of sp³-hybridized carbons (Fsp3) is 0.167. The average molecular weight is 330 g/mol. The van der Waals surface area contributed by atoms with Gasteiger partial charge >= 0.3 is 5.97 Å². The Labute approximate surface area is 126 Å². The molecule has 7 nitrogen and oxygen atoms in total. The zero-order chi connectivity index (χ0) is 15.6. The van der Waals surface area contributed by atoms with Crippen LogP contribution in [0.5, 0.6) is 0 Å². The van der Waals surface area contributed by atoms with Crippen LogP contribution in [-0.4, -0.2) is 29.3 Å². The topological polar surface area (TPSA) is 101 Å². The lowest BCUT2D eigenvalue weighted by Gasteiger charge is -2.16. The highest BCUT2D eigenvalue weighted by molar-refractivity contribution is 7.89. The first-order valence-electron chi connectivity index (χ1n) is 5.80. The molecule has 0 fully saturated rings. The Kier molecular flexibility index (Phi) is 4.31. The van der Waals surface area contributed by atoms with Gasteiger partial charge in [0, 0.05) is 12.1 Å². The Morgan fingerprint density at radius 1 is 1.38 bits per heavy atom. The minimum atomic E-state index is -4.05. The number of sulfonamides is 1. The summed E-state index contributed by atoms with van der Waals surface area (Å²) in [5.41, 5.74) is 0.164. The lowest BCUT2D eigenvalue weighted by molar-refractivity contribution is -0.139. The van der Waals surface area contributed by atoms with Crippen molar-refractivity contribution < 1.29 is 18.3 Å². The number of aryl methyl sites for hydroxylation is 1. The van der Waals surface area contributed by atoms with Crippen LogP contribution in [0, 0.1) is 0 Å². The molecule has 2 aromatic rings. The monoisotopic (exact) mass is 329 g/mol. The molecule has 0 saturated heterocycles. The van der Waals surface area contributed by atoms with E-state index in [-0.39, 0.29) is 15.6 Å². The molecular formula is C12H12ClN3O4S. The number of hydrogen-bond donors (Lipinski definition) is 2. The molecule has 0 spiro atoms. The zero-order valence-electron chi connectivity index (χ0n) is 10.9. The summed E-state index contributed by atoms with van der Waals surface area (Å²) >= 11 is 5.93. The van der Waals surface area contributed by atoms with Gasteiger partial charge < -0.3 is 5.11 Å². The summed E-state index contributed by atoms with van der Waals surface area (Å²) in [5, 5.41) is 13.0. The number of aliphatic carboxylic acids is 1. The van der Waals surface area contributed by atoms with E-state index < -0.39 is 22.0 Å². The molecule has 1 aromatic carbocycles. The van der Waals surface area contributed by atoms with Gasteiger partial charge in [-0.1, -0.05) is 29.8 Å². The third-order valence-electron chi connectivity index (χ3n) is 2.79. The molecule has 0 unspecified atom stereocenters. The van der Waals surface area contributed by atoms with Crippen molar-refractivity contribution in [3.63, 3.8) is 0 Å². The van der Waals surface area contributed by atoms with Crippen LogP contribution in [0.3, 0.4) is 0 Å². The maximum Gasteiger partial charge on any atom is 0.326 e. The van der Waals surface area contributed by atoms with Crippen LogP contribution in [0.4, 0.5) is 0 Å². The van der Waals surface area contributed by atoms with Gasteiger partial charge in [0.1, 0.15) is 6.04 Å². The number of nitrogens with one attached hydrogen (secondary N) is 1. The second-order valence-corrected chi connectivity index (χ2v) is 6.28. The fourth-order valence-electron chi connectivity index (χ4n) is 1.80. The Morgan fingerprint density at radius 2 is 2.05 bits per heavy atom. The van der Waals surface area contributed by atoms with Crippen LogP contribution in [0.25, 0.3) is 0 Å². The van der Waals surface area contributed by atoms with Crippen LogP contribution in [0.2, 0.25) is 5.02 Å². The molecule has 2 N–H and O–H groups in total. The quantitative estimate of drug-likeness (QED) is 0.857. The summed E-state index contributed by atoms with van der Waals surface area (Å²) in [4.78, 5) is 11.4. The van der Waals surface area contributed by atoms with E-state index in [0.717, 1.165) is 4.68 Å². The van der Waals surface area contributed by atoms with E-state index in [9.17, 15) is 18.3 Å². The molecule has 1 atom stereocenters. The molecule has 0 aliphatic rings. The summed E-state index contributed by atoms with van der Waals surface area (Å²) in [6.07, 6.45) is 1.31. The van der Waals surface area contributed by atoms with E-state index in [4.69, 9.17) is 11.6 Å². The van der Waals surface area contributed by atoms with Crippen molar-refractivity contribution in [3.8, 4) is 0 Å². The Bertz CT molecular complexity index is 772. The van der Waals surface area contributed by atoms with Gasteiger partial charge in [0.2, 0.25) is 0 Å².